The van der Waals surface area contributed by atoms with Crippen LogP contribution in [0.2, 0.25) is 18.1 Å². The van der Waals surface area contributed by atoms with Crippen molar-refractivity contribution in [2.75, 3.05) is 34.8 Å². The predicted molar refractivity (Wildman–Crippen MR) is 188 cm³/mol. The van der Waals surface area contributed by atoms with E-state index >= 15 is 4.39 Å². The summed E-state index contributed by atoms with van der Waals surface area (Å²) >= 11 is 0. The maximum absolute atomic E-state index is 15.5. The Labute approximate surface area is 283 Å². The van der Waals surface area contributed by atoms with Crippen LogP contribution >= 0.6 is 0 Å². The van der Waals surface area contributed by atoms with E-state index in [0.29, 0.717) is 53.3 Å². The van der Waals surface area contributed by atoms with Crippen LogP contribution in [0.25, 0.3) is 11.3 Å². The third kappa shape index (κ3) is 6.66. The van der Waals surface area contributed by atoms with Gasteiger partial charge >= 0.3 is 6.09 Å². The number of anilines is 4. The molecule has 12 heteroatoms. The first-order valence-corrected chi connectivity index (χ1v) is 19.1. The molecule has 2 aromatic carbocycles. The Bertz CT molecular complexity index is 1830. The maximum atomic E-state index is 15.5. The van der Waals surface area contributed by atoms with Crippen molar-refractivity contribution in [1.29, 1.82) is 5.26 Å². The topological polar surface area (TPSA) is 121 Å². The Morgan fingerprint density at radius 3 is 2.46 bits per heavy atom. The number of amides is 2. The van der Waals surface area contributed by atoms with Crippen molar-refractivity contribution in [3.8, 4) is 17.3 Å². The van der Waals surface area contributed by atoms with Crippen LogP contribution in [0.5, 0.6) is 0 Å². The molecule has 2 amide bonds. The monoisotopic (exact) mass is 672 g/mol. The number of nitrogens with zero attached hydrogens (tertiary/aromatic N) is 5. The van der Waals surface area contributed by atoms with Gasteiger partial charge in [-0.25, -0.2) is 19.2 Å². The summed E-state index contributed by atoms with van der Waals surface area (Å²) < 4.78 is 28.0. The van der Waals surface area contributed by atoms with E-state index in [0.717, 1.165) is 5.56 Å². The number of carbonyl (C=O) groups is 2. The second-order valence-electron chi connectivity index (χ2n) is 15.4. The van der Waals surface area contributed by atoms with Gasteiger partial charge in [-0.2, -0.15) is 5.26 Å². The highest BCUT2D eigenvalue weighted by atomic mass is 28.4. The van der Waals surface area contributed by atoms with Crippen LogP contribution in [-0.4, -0.2) is 55.6 Å². The van der Waals surface area contributed by atoms with Crippen molar-refractivity contribution in [3.63, 3.8) is 0 Å². The Kier molecular flexibility index (Phi) is 8.94. The number of ether oxygens (including phenoxy) is 1. The summed E-state index contributed by atoms with van der Waals surface area (Å²) in [5.41, 5.74) is 2.61. The number of carbonyl (C=O) groups excluding carboxylic acids is 2. The molecule has 0 radical (unpaired) electrons. The molecular formula is C36H45FN6O4Si. The molecule has 1 atom stereocenters. The number of rotatable bonds is 6. The number of fused-ring (bicyclic) bond motifs is 2. The number of nitrogens with one attached hydrogen (secondary N) is 1. The molecule has 0 saturated heterocycles. The molecule has 1 N–H and O–H groups in total. The predicted octanol–water partition coefficient (Wildman–Crippen LogP) is 7.84. The van der Waals surface area contributed by atoms with Crippen molar-refractivity contribution >= 4 is 43.3 Å². The molecule has 0 fully saturated rings. The summed E-state index contributed by atoms with van der Waals surface area (Å²) in [6.45, 7) is 20.9. The van der Waals surface area contributed by atoms with E-state index < -0.39 is 31.2 Å². The molecule has 0 spiro atoms. The normalized spacial score (nSPS) is 17.5. The minimum Gasteiger partial charge on any atom is -0.443 e. The van der Waals surface area contributed by atoms with Gasteiger partial charge in [-0.05, 0) is 81.2 Å². The molecule has 48 heavy (non-hydrogen) atoms. The summed E-state index contributed by atoms with van der Waals surface area (Å²) in [5.74, 6) is -0.409. The molecule has 10 nitrogen and oxygen atoms in total. The minimum absolute atomic E-state index is 0.0230. The molecule has 0 bridgehead atoms. The fourth-order valence-electron chi connectivity index (χ4n) is 5.85. The summed E-state index contributed by atoms with van der Waals surface area (Å²) in [7, 11) is -2.17. The number of hydrogen-bond donors (Lipinski definition) is 1. The third-order valence-corrected chi connectivity index (χ3v) is 14.0. The van der Waals surface area contributed by atoms with Gasteiger partial charge in [0.05, 0.1) is 22.6 Å². The van der Waals surface area contributed by atoms with Crippen molar-refractivity contribution < 1.29 is 23.1 Å². The van der Waals surface area contributed by atoms with Gasteiger partial charge < -0.3 is 19.4 Å². The van der Waals surface area contributed by atoms with Crippen molar-refractivity contribution in [1.82, 2.24) is 9.97 Å². The van der Waals surface area contributed by atoms with E-state index in [1.165, 1.54) is 6.92 Å². The first-order valence-electron chi connectivity index (χ1n) is 16.2. The summed E-state index contributed by atoms with van der Waals surface area (Å²) in [6.07, 6.45) is 1.46. The molecule has 3 heterocycles. The molecule has 254 valence electrons. The van der Waals surface area contributed by atoms with Crippen LogP contribution in [0, 0.1) is 17.1 Å². The molecule has 2 aliphatic heterocycles. The molecule has 5 rings (SSSR count). The quantitative estimate of drug-likeness (QED) is 0.263. The molecule has 0 saturated carbocycles. The molecule has 1 aromatic heterocycles. The fourth-order valence-corrected chi connectivity index (χ4v) is 6.97. The second-order valence-corrected chi connectivity index (χ2v) is 20.3. The van der Waals surface area contributed by atoms with E-state index in [-0.39, 0.29) is 29.1 Å². The van der Waals surface area contributed by atoms with Crippen molar-refractivity contribution in [2.45, 2.75) is 91.0 Å². The van der Waals surface area contributed by atoms with Crippen LogP contribution in [0.3, 0.4) is 0 Å². The highest BCUT2D eigenvalue weighted by Crippen LogP contribution is 2.47. The van der Waals surface area contributed by atoms with E-state index in [4.69, 9.17) is 14.1 Å². The zero-order valence-corrected chi connectivity index (χ0v) is 30.5. The number of nitriles is 1. The fraction of sp³-hybridized carbons (Fsp3) is 0.472. The van der Waals surface area contributed by atoms with Gasteiger partial charge in [-0.3, -0.25) is 9.69 Å². The van der Waals surface area contributed by atoms with Crippen LogP contribution in [0.4, 0.5) is 32.2 Å². The first kappa shape index (κ1) is 35.0. The lowest BCUT2D eigenvalue weighted by Crippen LogP contribution is -2.46. The van der Waals surface area contributed by atoms with Crippen LogP contribution in [0.1, 0.15) is 72.1 Å². The van der Waals surface area contributed by atoms with Gasteiger partial charge in [0, 0.05) is 55.0 Å². The Balaban J connectivity index is 1.54. The molecular weight excluding hydrogens is 628 g/mol. The first-order chi connectivity index (χ1) is 22.2. The van der Waals surface area contributed by atoms with Crippen molar-refractivity contribution in [3.05, 3.63) is 59.0 Å². The van der Waals surface area contributed by atoms with Crippen LogP contribution in [0.15, 0.2) is 36.5 Å². The Morgan fingerprint density at radius 1 is 1.12 bits per heavy atom. The highest BCUT2D eigenvalue weighted by Gasteiger charge is 2.47. The van der Waals surface area contributed by atoms with Crippen molar-refractivity contribution in [2.24, 2.45) is 0 Å². The minimum atomic E-state index is -2.17. The lowest BCUT2D eigenvalue weighted by Gasteiger charge is -2.39. The Morgan fingerprint density at radius 2 is 1.83 bits per heavy atom. The average molecular weight is 673 g/mol. The number of halogens is 1. The summed E-state index contributed by atoms with van der Waals surface area (Å²) in [6, 6.07) is 11.0. The van der Waals surface area contributed by atoms with E-state index in [1.54, 1.807) is 40.3 Å². The van der Waals surface area contributed by atoms with Gasteiger partial charge in [0.1, 0.15) is 11.7 Å². The lowest BCUT2D eigenvalue weighted by atomic mass is 9.83. The SMILES string of the molecule is CC(=O)N1CCc2c1ccc(Nc1nccc(-c3cc(C#N)c4c(c3)C(C)(CO[Si](C)(C)C(C)(C)C)CN4C(=O)OC(C)(C)C)n1)c2F. The standard InChI is InChI=1S/C36H45FN6O4Si/c1-22(44)42-16-14-25-29(42)12-11-28(30(25)37)41-32-39-15-13-27(40-32)23-17-24(19-38)31-26(18-23)36(8,21-46-48(9,10)35(5,6)7)20-43(31)33(45)47-34(2,3)4/h11-13,15,17-18H,14,16,20-21H2,1-10H3,(H,39,40,41). The van der Waals surface area contributed by atoms with Gasteiger partial charge in [-0.15, -0.1) is 0 Å². The van der Waals surface area contributed by atoms with Gasteiger partial charge in [0.15, 0.2) is 14.1 Å². The zero-order valence-electron chi connectivity index (χ0n) is 29.5. The van der Waals surface area contributed by atoms with Gasteiger partial charge in [0.2, 0.25) is 11.9 Å². The second kappa shape index (κ2) is 12.3. The smallest absolute Gasteiger partial charge is 0.414 e. The number of benzene rings is 2. The van der Waals surface area contributed by atoms with E-state index in [2.05, 4.69) is 50.2 Å². The summed E-state index contributed by atoms with van der Waals surface area (Å²) in [4.78, 5) is 37.6. The molecule has 3 aromatic rings. The van der Waals surface area contributed by atoms with Gasteiger partial charge in [-0.1, -0.05) is 27.7 Å². The largest absolute Gasteiger partial charge is 0.443 e. The van der Waals surface area contributed by atoms with Gasteiger partial charge in [0.25, 0.3) is 0 Å². The molecule has 2 aliphatic rings. The molecule has 1 unspecified atom stereocenters. The zero-order chi connectivity index (χ0) is 35.4. The van der Waals surface area contributed by atoms with Crippen LogP contribution < -0.4 is 15.1 Å². The van der Waals surface area contributed by atoms with Crippen LogP contribution in [-0.2, 0) is 25.8 Å². The highest BCUT2D eigenvalue weighted by molar-refractivity contribution is 6.74. The van der Waals surface area contributed by atoms with E-state index in [1.807, 2.05) is 33.8 Å². The van der Waals surface area contributed by atoms with E-state index in [9.17, 15) is 14.9 Å². The Hall–Kier alpha value is -4.34. The average Bonchev–Trinajstić information content (AvgIpc) is 3.56. The lowest BCUT2D eigenvalue weighted by molar-refractivity contribution is -0.116. The number of aromatic nitrogens is 2. The summed E-state index contributed by atoms with van der Waals surface area (Å²) in [5, 5.41) is 13.4. The number of hydrogen-bond acceptors (Lipinski definition) is 8. The third-order valence-electron chi connectivity index (χ3n) is 9.50. The maximum Gasteiger partial charge on any atom is 0.414 e. The molecule has 0 aliphatic carbocycles.